The molecule has 0 spiro atoms. The van der Waals surface area contributed by atoms with Gasteiger partial charge in [0.2, 0.25) is 5.43 Å². The van der Waals surface area contributed by atoms with Crippen molar-refractivity contribution in [3.05, 3.63) is 91.1 Å². The van der Waals surface area contributed by atoms with Gasteiger partial charge in [0, 0.05) is 48.8 Å². The van der Waals surface area contributed by atoms with Crippen LogP contribution in [0.2, 0.25) is 5.02 Å². The number of aromatic nitrogens is 5. The fourth-order valence-corrected chi connectivity index (χ4v) is 5.96. The van der Waals surface area contributed by atoms with Crippen molar-refractivity contribution in [2.45, 2.75) is 32.4 Å². The molecule has 1 aliphatic carbocycles. The van der Waals surface area contributed by atoms with Gasteiger partial charge in [-0.1, -0.05) is 11.6 Å². The van der Waals surface area contributed by atoms with Crippen LogP contribution < -0.4 is 15.9 Å². The minimum Gasteiger partial charge on any atom is -0.477 e. The first-order valence-electron chi connectivity index (χ1n) is 14.0. The molecule has 1 saturated carbocycles. The maximum absolute atomic E-state index is 15.4. The maximum atomic E-state index is 15.4. The van der Waals surface area contributed by atoms with Crippen molar-refractivity contribution in [1.82, 2.24) is 29.2 Å². The number of carboxylic acids is 1. The number of nitrogens with zero attached hydrogens (tertiary/aromatic N) is 6. The van der Waals surface area contributed by atoms with Crippen LogP contribution in [-0.4, -0.2) is 66.5 Å². The summed E-state index contributed by atoms with van der Waals surface area (Å²) in [5.74, 6) is -1.38. The fraction of sp³-hybridized carbons (Fsp3) is 0.300. The van der Waals surface area contributed by atoms with E-state index in [2.05, 4.69) is 15.0 Å². The first kappa shape index (κ1) is 27.3. The third-order valence-electron chi connectivity index (χ3n) is 8.19. The summed E-state index contributed by atoms with van der Waals surface area (Å²) in [6.07, 6.45) is 3.14. The van der Waals surface area contributed by atoms with E-state index in [1.54, 1.807) is 34.4 Å². The van der Waals surface area contributed by atoms with Gasteiger partial charge in [0.15, 0.2) is 5.65 Å². The van der Waals surface area contributed by atoms with Crippen LogP contribution in [0.3, 0.4) is 0 Å². The molecule has 0 unspecified atom stereocenters. The number of halogens is 2. The molecular weight excluding hydrogens is 577 g/mol. The average Bonchev–Trinajstić information content (AvgIpc) is 3.77. The molecule has 13 heteroatoms. The van der Waals surface area contributed by atoms with Crippen molar-refractivity contribution in [3.8, 4) is 5.69 Å². The molecule has 7 rings (SSSR count). The van der Waals surface area contributed by atoms with E-state index in [9.17, 15) is 19.5 Å². The largest absolute Gasteiger partial charge is 0.477 e. The van der Waals surface area contributed by atoms with E-state index in [0.29, 0.717) is 71.5 Å². The molecule has 3 aromatic heterocycles. The predicted octanol–water partition coefficient (Wildman–Crippen LogP) is 3.88. The molecule has 1 saturated heterocycles. The number of piperazine rings is 1. The first-order chi connectivity index (χ1) is 20.7. The summed E-state index contributed by atoms with van der Waals surface area (Å²) < 4.78 is 18.8. The van der Waals surface area contributed by atoms with Gasteiger partial charge in [-0.3, -0.25) is 14.5 Å². The fourth-order valence-electron chi connectivity index (χ4n) is 5.84. The number of fused-ring (bicyclic) bond motifs is 2. The van der Waals surface area contributed by atoms with E-state index in [-0.39, 0.29) is 22.6 Å². The first-order valence-corrected chi connectivity index (χ1v) is 14.4. The second-order valence-electron chi connectivity index (χ2n) is 11.1. The maximum Gasteiger partial charge on any atom is 0.341 e. The van der Waals surface area contributed by atoms with E-state index < -0.39 is 17.2 Å². The number of aryl methyl sites for hydroxylation is 1. The van der Waals surface area contributed by atoms with E-state index >= 15 is 4.39 Å². The molecule has 2 N–H and O–H groups in total. The van der Waals surface area contributed by atoms with Crippen LogP contribution in [0.4, 0.5) is 10.1 Å². The molecular formula is C30H27ClFN7O4. The lowest BCUT2D eigenvalue weighted by Gasteiger charge is -2.36. The Labute approximate surface area is 248 Å². The van der Waals surface area contributed by atoms with Crippen LogP contribution >= 0.6 is 11.6 Å². The molecule has 0 bridgehead atoms. The van der Waals surface area contributed by atoms with E-state index in [4.69, 9.17) is 16.6 Å². The summed E-state index contributed by atoms with van der Waals surface area (Å²) in [6.45, 7) is 4.36. The summed E-state index contributed by atoms with van der Waals surface area (Å²) in [4.78, 5) is 49.2. The van der Waals surface area contributed by atoms with Gasteiger partial charge >= 0.3 is 5.97 Å². The van der Waals surface area contributed by atoms with Crippen LogP contribution in [0.25, 0.3) is 27.6 Å². The highest BCUT2D eigenvalue weighted by Gasteiger charge is 2.29. The van der Waals surface area contributed by atoms with Crippen LogP contribution in [0.5, 0.6) is 0 Å². The van der Waals surface area contributed by atoms with Gasteiger partial charge in [-0.05, 0) is 56.2 Å². The summed E-state index contributed by atoms with van der Waals surface area (Å²) in [7, 11) is 0. The second kappa shape index (κ2) is 10.3. The smallest absolute Gasteiger partial charge is 0.341 e. The highest BCUT2D eigenvalue weighted by Crippen LogP contribution is 2.38. The third-order valence-corrected chi connectivity index (χ3v) is 8.44. The zero-order chi connectivity index (χ0) is 30.0. The lowest BCUT2D eigenvalue weighted by Crippen LogP contribution is -2.46. The van der Waals surface area contributed by atoms with Gasteiger partial charge in [0.1, 0.15) is 22.6 Å². The van der Waals surface area contributed by atoms with Gasteiger partial charge < -0.3 is 19.6 Å². The molecule has 0 radical (unpaired) electrons. The molecule has 2 aliphatic rings. The molecule has 5 aromatic rings. The van der Waals surface area contributed by atoms with Crippen LogP contribution in [0, 0.1) is 12.7 Å². The van der Waals surface area contributed by atoms with Crippen molar-refractivity contribution in [1.29, 1.82) is 0 Å². The Bertz CT molecular complexity index is 2040. The molecule has 220 valence electrons. The number of nitrogens with one attached hydrogen (secondary N) is 1. The van der Waals surface area contributed by atoms with Crippen molar-refractivity contribution in [3.63, 3.8) is 0 Å². The number of hydrogen-bond acceptors (Lipinski definition) is 7. The second-order valence-corrected chi connectivity index (χ2v) is 11.5. The Morgan fingerprint density at radius 3 is 2.51 bits per heavy atom. The number of benzene rings is 2. The monoisotopic (exact) mass is 603 g/mol. The van der Waals surface area contributed by atoms with E-state index in [1.807, 2.05) is 17.0 Å². The highest BCUT2D eigenvalue weighted by molar-refractivity contribution is 6.30. The Hall–Kier alpha value is -4.55. The standard InChI is InChI=1S/C30H27ClFN7O4/c1-16-26-28(39(35-16)19-4-2-17(31)3-5-19)33-25(34-29(26)41)15-36-8-10-37(11-9-36)24-13-23-20(12-22(24)32)27(40)21(30(42)43)14-38(23)18-6-7-18/h2-5,12-14,18H,6-11,15H2,1H3,(H,42,43)(H,33,34,41). The van der Waals surface area contributed by atoms with Crippen LogP contribution in [-0.2, 0) is 6.54 Å². The Morgan fingerprint density at radius 2 is 1.84 bits per heavy atom. The SMILES string of the molecule is Cc1nn(-c2ccc(Cl)cc2)c2nc(CN3CCN(c4cc5c(cc4F)c(=O)c(C(=O)O)cn5C4CC4)CC3)[nH]c(=O)c12. The lowest BCUT2D eigenvalue weighted by molar-refractivity contribution is 0.0695. The normalized spacial score (nSPS) is 15.9. The number of aromatic amines is 1. The Kier molecular flexibility index (Phi) is 6.55. The number of carbonyl (C=O) groups is 1. The third kappa shape index (κ3) is 4.86. The van der Waals surface area contributed by atoms with Gasteiger partial charge in [-0.2, -0.15) is 5.10 Å². The minimum absolute atomic E-state index is 0.0742. The summed E-state index contributed by atoms with van der Waals surface area (Å²) >= 11 is 6.05. The molecule has 2 aromatic carbocycles. The number of anilines is 1. The number of aromatic carboxylic acids is 1. The molecule has 0 amide bonds. The number of carboxylic acid groups (broad SMARTS) is 1. The van der Waals surface area contributed by atoms with Crippen molar-refractivity contribution in [2.75, 3.05) is 31.1 Å². The topological polar surface area (TPSA) is 129 Å². The minimum atomic E-state index is -1.32. The average molecular weight is 604 g/mol. The van der Waals surface area contributed by atoms with Gasteiger partial charge in [-0.25, -0.2) is 18.9 Å². The zero-order valence-electron chi connectivity index (χ0n) is 23.2. The molecule has 11 nitrogen and oxygen atoms in total. The number of pyridine rings is 1. The summed E-state index contributed by atoms with van der Waals surface area (Å²) in [6, 6.07) is 10.1. The summed E-state index contributed by atoms with van der Waals surface area (Å²) in [5, 5.41) is 15.1. The molecule has 1 aliphatic heterocycles. The highest BCUT2D eigenvalue weighted by atomic mass is 35.5. The Balaban J connectivity index is 1.13. The number of rotatable bonds is 6. The molecule has 43 heavy (non-hydrogen) atoms. The lowest BCUT2D eigenvalue weighted by atomic mass is 10.1. The number of H-pyrrole nitrogens is 1. The Morgan fingerprint density at radius 1 is 1.12 bits per heavy atom. The van der Waals surface area contributed by atoms with Gasteiger partial charge in [-0.15, -0.1) is 0 Å². The van der Waals surface area contributed by atoms with Crippen molar-refractivity contribution in [2.24, 2.45) is 0 Å². The predicted molar refractivity (Wildman–Crippen MR) is 160 cm³/mol. The zero-order valence-corrected chi connectivity index (χ0v) is 23.9. The van der Waals surface area contributed by atoms with Crippen molar-refractivity contribution < 1.29 is 14.3 Å². The quantitative estimate of drug-likeness (QED) is 0.299. The molecule has 2 fully saturated rings. The summed E-state index contributed by atoms with van der Waals surface area (Å²) in [5.41, 5.74) is 1.40. The van der Waals surface area contributed by atoms with Crippen molar-refractivity contribution >= 4 is 45.2 Å². The van der Waals surface area contributed by atoms with Gasteiger partial charge in [0.25, 0.3) is 5.56 Å². The van der Waals surface area contributed by atoms with E-state index in [0.717, 1.165) is 18.5 Å². The van der Waals surface area contributed by atoms with E-state index in [1.165, 1.54) is 12.3 Å². The van der Waals surface area contributed by atoms with Crippen LogP contribution in [0.1, 0.15) is 40.8 Å². The van der Waals surface area contributed by atoms with Crippen LogP contribution in [0.15, 0.2) is 52.2 Å². The number of hydrogen-bond donors (Lipinski definition) is 2. The molecule has 0 atom stereocenters. The molecule has 4 heterocycles. The van der Waals surface area contributed by atoms with Gasteiger partial charge in [0.05, 0.1) is 29.1 Å².